The Morgan fingerprint density at radius 3 is 2.43 bits per heavy atom. The summed E-state index contributed by atoms with van der Waals surface area (Å²) in [5, 5.41) is 5.28. The summed E-state index contributed by atoms with van der Waals surface area (Å²) in [5.74, 6) is -1.53. The summed E-state index contributed by atoms with van der Waals surface area (Å²) in [6, 6.07) is 4.36. The third-order valence-corrected chi connectivity index (χ3v) is 5.31. The van der Waals surface area contributed by atoms with Gasteiger partial charge >= 0.3 is 5.97 Å². The van der Waals surface area contributed by atoms with E-state index >= 15 is 0 Å². The summed E-state index contributed by atoms with van der Waals surface area (Å²) >= 11 is 11.7. The maximum atomic E-state index is 12.3. The van der Waals surface area contributed by atoms with Gasteiger partial charge in [-0.15, -0.1) is 0 Å². The van der Waals surface area contributed by atoms with E-state index < -0.39 is 30.4 Å². The Labute approximate surface area is 185 Å². The molecule has 0 saturated carbocycles. The van der Waals surface area contributed by atoms with Crippen LogP contribution in [0.4, 0.5) is 0 Å². The highest BCUT2D eigenvalue weighted by Gasteiger charge is 2.26. The molecule has 0 bridgehead atoms. The Bertz CT molecular complexity index is 810. The Balaban J connectivity index is 1.70. The maximum Gasteiger partial charge on any atom is 0.326 e. The molecule has 10 heteroatoms. The second-order valence-corrected chi connectivity index (χ2v) is 8.07. The predicted octanol–water partition coefficient (Wildman–Crippen LogP) is 2.03. The van der Waals surface area contributed by atoms with E-state index in [0.29, 0.717) is 24.0 Å². The zero-order chi connectivity index (χ0) is 22.3. The molecular weight excluding hydrogens is 433 g/mol. The van der Waals surface area contributed by atoms with E-state index in [1.165, 1.54) is 25.1 Å². The summed E-state index contributed by atoms with van der Waals surface area (Å²) in [6.45, 7) is 4.18. The fourth-order valence-electron chi connectivity index (χ4n) is 2.94. The van der Waals surface area contributed by atoms with Crippen LogP contribution < -0.4 is 10.6 Å². The van der Waals surface area contributed by atoms with Crippen LogP contribution in [0, 0.1) is 5.92 Å². The molecule has 1 heterocycles. The summed E-state index contributed by atoms with van der Waals surface area (Å²) in [7, 11) is 0. The first-order valence-electron chi connectivity index (χ1n) is 9.65. The molecule has 0 aliphatic carbocycles. The smallest absolute Gasteiger partial charge is 0.326 e. The number of nitrogens with one attached hydrogen (secondary N) is 2. The molecule has 2 N–H and O–H groups in total. The minimum atomic E-state index is -0.922. The van der Waals surface area contributed by atoms with Gasteiger partial charge in [-0.25, -0.2) is 0 Å². The number of hydrogen-bond acceptors (Lipinski definition) is 5. The number of hydrogen-bond donors (Lipinski definition) is 2. The van der Waals surface area contributed by atoms with Gasteiger partial charge in [0.25, 0.3) is 11.8 Å². The van der Waals surface area contributed by atoms with Crippen molar-refractivity contribution in [2.24, 2.45) is 5.92 Å². The zero-order valence-corrected chi connectivity index (χ0v) is 18.4. The molecule has 1 unspecified atom stereocenters. The van der Waals surface area contributed by atoms with E-state index in [2.05, 4.69) is 17.6 Å². The first-order valence-corrected chi connectivity index (χ1v) is 10.4. The first-order chi connectivity index (χ1) is 14.2. The summed E-state index contributed by atoms with van der Waals surface area (Å²) in [4.78, 5) is 49.8. The van der Waals surface area contributed by atoms with Gasteiger partial charge in [-0.1, -0.05) is 30.1 Å². The quantitative estimate of drug-likeness (QED) is 0.609. The van der Waals surface area contributed by atoms with Gasteiger partial charge in [0.2, 0.25) is 5.91 Å². The molecule has 1 fully saturated rings. The van der Waals surface area contributed by atoms with Crippen LogP contribution in [0.2, 0.25) is 10.0 Å². The minimum absolute atomic E-state index is 0.158. The van der Waals surface area contributed by atoms with E-state index in [0.717, 1.165) is 12.8 Å². The Kier molecular flexibility index (Phi) is 8.92. The van der Waals surface area contributed by atoms with Gasteiger partial charge in [0.15, 0.2) is 6.10 Å². The highest BCUT2D eigenvalue weighted by Crippen LogP contribution is 2.20. The molecule has 1 aromatic rings. The fourth-order valence-corrected chi connectivity index (χ4v) is 3.43. The van der Waals surface area contributed by atoms with Gasteiger partial charge < -0.3 is 20.3 Å². The van der Waals surface area contributed by atoms with Crippen molar-refractivity contribution >= 4 is 46.9 Å². The molecule has 1 aromatic carbocycles. The normalized spacial score (nSPS) is 15.3. The average molecular weight is 458 g/mol. The number of ether oxygens (including phenoxy) is 1. The van der Waals surface area contributed by atoms with Crippen LogP contribution in [-0.2, 0) is 19.1 Å². The fraction of sp³-hybridized carbons (Fsp3) is 0.500. The van der Waals surface area contributed by atoms with Crippen molar-refractivity contribution in [3.63, 3.8) is 0 Å². The molecule has 1 aliphatic rings. The lowest BCUT2D eigenvalue weighted by Gasteiger charge is -2.31. The molecule has 0 aromatic heterocycles. The molecule has 1 atom stereocenters. The molecule has 1 saturated heterocycles. The lowest BCUT2D eigenvalue weighted by molar-refractivity contribution is -0.159. The lowest BCUT2D eigenvalue weighted by atomic mass is 9.99. The van der Waals surface area contributed by atoms with Crippen molar-refractivity contribution in [1.82, 2.24) is 15.5 Å². The first kappa shape index (κ1) is 24.0. The van der Waals surface area contributed by atoms with Crippen molar-refractivity contribution < 1.29 is 23.9 Å². The van der Waals surface area contributed by atoms with Crippen molar-refractivity contribution in [3.05, 3.63) is 33.8 Å². The standard InChI is InChI=1S/C20H25Cl2N3O5/c1-12-5-7-25(8-6-12)20(29)13(2)30-18(27)11-23-17(26)10-24-19(28)15-4-3-14(21)9-16(15)22/h3-4,9,12-13H,5-8,10-11H2,1-2H3,(H,23,26)(H,24,28). The average Bonchev–Trinajstić information content (AvgIpc) is 2.70. The summed E-state index contributed by atoms with van der Waals surface area (Å²) < 4.78 is 5.10. The van der Waals surface area contributed by atoms with Gasteiger partial charge in [-0.05, 0) is 43.9 Å². The molecule has 1 aliphatic heterocycles. The second kappa shape index (κ2) is 11.2. The van der Waals surface area contributed by atoms with Crippen LogP contribution in [0.15, 0.2) is 18.2 Å². The number of nitrogens with zero attached hydrogens (tertiary/aromatic N) is 1. The van der Waals surface area contributed by atoms with Crippen LogP contribution in [0.5, 0.6) is 0 Å². The highest BCUT2D eigenvalue weighted by atomic mass is 35.5. The molecule has 30 heavy (non-hydrogen) atoms. The Hall–Kier alpha value is -2.32. The van der Waals surface area contributed by atoms with Crippen molar-refractivity contribution in [1.29, 1.82) is 0 Å². The highest BCUT2D eigenvalue weighted by molar-refractivity contribution is 6.36. The van der Waals surface area contributed by atoms with Crippen molar-refractivity contribution in [2.75, 3.05) is 26.2 Å². The molecular formula is C20H25Cl2N3O5. The summed E-state index contributed by atoms with van der Waals surface area (Å²) in [5.41, 5.74) is 0.174. The van der Waals surface area contributed by atoms with E-state index in [9.17, 15) is 19.2 Å². The van der Waals surface area contributed by atoms with E-state index in [-0.39, 0.29) is 23.0 Å². The third-order valence-electron chi connectivity index (χ3n) is 4.77. The molecule has 2 rings (SSSR count). The number of benzene rings is 1. The van der Waals surface area contributed by atoms with Gasteiger partial charge in [-0.3, -0.25) is 19.2 Å². The minimum Gasteiger partial charge on any atom is -0.451 e. The van der Waals surface area contributed by atoms with Gasteiger partial charge in [-0.2, -0.15) is 0 Å². The molecule has 3 amide bonds. The van der Waals surface area contributed by atoms with Gasteiger partial charge in [0.05, 0.1) is 17.1 Å². The molecule has 0 spiro atoms. The third kappa shape index (κ3) is 7.18. The topological polar surface area (TPSA) is 105 Å². The van der Waals surface area contributed by atoms with Gasteiger partial charge in [0, 0.05) is 18.1 Å². The number of halogens is 2. The lowest BCUT2D eigenvalue weighted by Crippen LogP contribution is -2.45. The Morgan fingerprint density at radius 1 is 1.13 bits per heavy atom. The monoisotopic (exact) mass is 457 g/mol. The molecule has 8 nitrogen and oxygen atoms in total. The van der Waals surface area contributed by atoms with Crippen molar-refractivity contribution in [2.45, 2.75) is 32.8 Å². The second-order valence-electron chi connectivity index (χ2n) is 7.22. The van der Waals surface area contributed by atoms with Crippen molar-refractivity contribution in [3.8, 4) is 0 Å². The number of amides is 3. The van der Waals surface area contributed by atoms with Crippen LogP contribution in [0.25, 0.3) is 0 Å². The number of esters is 1. The predicted molar refractivity (Wildman–Crippen MR) is 112 cm³/mol. The van der Waals surface area contributed by atoms with E-state index in [1.54, 1.807) is 4.90 Å². The largest absolute Gasteiger partial charge is 0.451 e. The van der Waals surface area contributed by atoms with Crippen LogP contribution in [0.3, 0.4) is 0 Å². The molecule has 164 valence electrons. The maximum absolute atomic E-state index is 12.3. The van der Waals surface area contributed by atoms with E-state index in [1.807, 2.05) is 0 Å². The number of carbonyl (C=O) groups excluding carboxylic acids is 4. The SMILES string of the molecule is CC1CCN(C(=O)C(C)OC(=O)CNC(=O)CNC(=O)c2ccc(Cl)cc2Cl)CC1. The zero-order valence-electron chi connectivity index (χ0n) is 16.9. The van der Waals surface area contributed by atoms with Gasteiger partial charge in [0.1, 0.15) is 6.54 Å². The van der Waals surface area contributed by atoms with Crippen LogP contribution >= 0.6 is 23.2 Å². The Morgan fingerprint density at radius 2 is 1.80 bits per heavy atom. The van der Waals surface area contributed by atoms with E-state index in [4.69, 9.17) is 27.9 Å². The number of piperidine rings is 1. The number of likely N-dealkylation sites (tertiary alicyclic amines) is 1. The number of rotatable bonds is 7. The van der Waals surface area contributed by atoms with Crippen LogP contribution in [-0.4, -0.2) is 60.9 Å². The van der Waals surface area contributed by atoms with Crippen LogP contribution in [0.1, 0.15) is 37.0 Å². The summed E-state index contributed by atoms with van der Waals surface area (Å²) in [6.07, 6.45) is 0.930. The number of carbonyl (C=O) groups is 4. The molecule has 0 radical (unpaired) electrons.